The van der Waals surface area contributed by atoms with E-state index in [4.69, 9.17) is 4.74 Å². The maximum Gasteiger partial charge on any atom is 0.276 e. The quantitative estimate of drug-likeness (QED) is 0.899. The second-order valence-electron chi connectivity index (χ2n) is 7.68. The van der Waals surface area contributed by atoms with E-state index in [0.29, 0.717) is 30.0 Å². The number of nitrogens with one attached hydrogen (secondary N) is 1. The molecule has 2 aromatic heterocycles. The Bertz CT molecular complexity index is 831. The molecule has 1 N–H and O–H groups in total. The van der Waals surface area contributed by atoms with Gasteiger partial charge in [-0.25, -0.2) is 9.50 Å². The summed E-state index contributed by atoms with van der Waals surface area (Å²) in [6.07, 6.45) is 1.70. The Kier molecular flexibility index (Phi) is 3.79. The number of amides is 1. The smallest absolute Gasteiger partial charge is 0.276 e. The van der Waals surface area contributed by atoms with Crippen LogP contribution in [0.25, 0.3) is 5.65 Å². The summed E-state index contributed by atoms with van der Waals surface area (Å²) in [5, 5.41) is 2.83. The van der Waals surface area contributed by atoms with Gasteiger partial charge in [-0.05, 0) is 34.6 Å². The molecule has 0 unspecified atom stereocenters. The number of aromatic amines is 1. The van der Waals surface area contributed by atoms with Crippen molar-refractivity contribution >= 4 is 11.6 Å². The van der Waals surface area contributed by atoms with E-state index in [2.05, 4.69) is 10.1 Å². The number of nitrogens with zero attached hydrogens (tertiary/aromatic N) is 3. The van der Waals surface area contributed by atoms with Crippen molar-refractivity contribution in [1.82, 2.24) is 19.5 Å². The Morgan fingerprint density at radius 3 is 2.54 bits per heavy atom. The van der Waals surface area contributed by atoms with Gasteiger partial charge in [0.2, 0.25) is 5.91 Å². The van der Waals surface area contributed by atoms with Crippen molar-refractivity contribution < 1.29 is 9.53 Å². The third kappa shape index (κ3) is 3.08. The van der Waals surface area contributed by atoms with Crippen molar-refractivity contribution in [1.29, 1.82) is 0 Å². The predicted molar refractivity (Wildman–Crippen MR) is 90.1 cm³/mol. The summed E-state index contributed by atoms with van der Waals surface area (Å²) in [7, 11) is 0. The van der Waals surface area contributed by atoms with E-state index in [1.165, 1.54) is 4.52 Å². The lowest BCUT2D eigenvalue weighted by Gasteiger charge is -2.47. The molecule has 0 aliphatic carbocycles. The zero-order valence-electron chi connectivity index (χ0n) is 14.8. The molecule has 1 amide bonds. The molecule has 0 bridgehead atoms. The fraction of sp³-hybridized carbons (Fsp3) is 0.588. The van der Waals surface area contributed by atoms with E-state index in [-0.39, 0.29) is 17.9 Å². The lowest BCUT2D eigenvalue weighted by molar-refractivity contribution is -0.187. The van der Waals surface area contributed by atoms with Gasteiger partial charge in [-0.3, -0.25) is 14.7 Å². The standard InChI is InChI=1S/C17H24N4O3/c1-11-12(15(23)21-13(19-11)6-7-18-21)8-14(22)20-9-16(2,3)24-17(4,5)10-20/h6-7,18H,8-10H2,1-5H3. The minimum atomic E-state index is -0.414. The first kappa shape index (κ1) is 16.7. The number of carbonyl (C=O) groups is 1. The molecule has 24 heavy (non-hydrogen) atoms. The Hall–Kier alpha value is -2.15. The molecule has 0 atom stereocenters. The van der Waals surface area contributed by atoms with Crippen LogP contribution in [-0.2, 0) is 16.0 Å². The monoisotopic (exact) mass is 332 g/mol. The number of rotatable bonds is 2. The first-order valence-electron chi connectivity index (χ1n) is 8.12. The van der Waals surface area contributed by atoms with Crippen LogP contribution in [0.3, 0.4) is 0 Å². The predicted octanol–water partition coefficient (Wildman–Crippen LogP) is 1.29. The van der Waals surface area contributed by atoms with Gasteiger partial charge in [0.1, 0.15) is 0 Å². The molecule has 2 aromatic rings. The number of hydrogen-bond donors (Lipinski definition) is 1. The van der Waals surface area contributed by atoms with Crippen molar-refractivity contribution in [3.63, 3.8) is 0 Å². The van der Waals surface area contributed by atoms with Crippen molar-refractivity contribution in [3.8, 4) is 0 Å². The largest absolute Gasteiger partial charge is 0.366 e. The maximum atomic E-state index is 12.8. The van der Waals surface area contributed by atoms with E-state index < -0.39 is 11.2 Å². The molecule has 0 aromatic carbocycles. The van der Waals surface area contributed by atoms with Crippen LogP contribution in [0.5, 0.6) is 0 Å². The Morgan fingerprint density at radius 1 is 1.29 bits per heavy atom. The molecule has 0 spiro atoms. The summed E-state index contributed by atoms with van der Waals surface area (Å²) in [6.45, 7) is 10.7. The Morgan fingerprint density at radius 2 is 1.92 bits per heavy atom. The minimum Gasteiger partial charge on any atom is -0.366 e. The van der Waals surface area contributed by atoms with Crippen LogP contribution in [0.2, 0.25) is 0 Å². The summed E-state index contributed by atoms with van der Waals surface area (Å²) in [5.41, 5.74) is 0.540. The zero-order chi connectivity index (χ0) is 17.7. The minimum absolute atomic E-state index is 0.0474. The molecule has 1 aliphatic heterocycles. The van der Waals surface area contributed by atoms with Gasteiger partial charge in [0, 0.05) is 36.6 Å². The molecule has 7 nitrogen and oxygen atoms in total. The highest BCUT2D eigenvalue weighted by Crippen LogP contribution is 2.28. The summed E-state index contributed by atoms with van der Waals surface area (Å²) in [5.74, 6) is -0.0760. The fourth-order valence-corrected chi connectivity index (χ4v) is 3.54. The molecule has 1 fully saturated rings. The number of carbonyl (C=O) groups excluding carboxylic acids is 1. The lowest BCUT2D eigenvalue weighted by Crippen LogP contribution is -2.59. The second-order valence-corrected chi connectivity index (χ2v) is 7.68. The van der Waals surface area contributed by atoms with E-state index in [9.17, 15) is 9.59 Å². The van der Waals surface area contributed by atoms with Gasteiger partial charge in [-0.15, -0.1) is 0 Å². The second kappa shape index (κ2) is 5.44. The average Bonchev–Trinajstić information content (AvgIpc) is 2.88. The van der Waals surface area contributed by atoms with Crippen LogP contribution in [0, 0.1) is 6.92 Å². The normalized spacial score (nSPS) is 19.6. The van der Waals surface area contributed by atoms with Crippen molar-refractivity contribution in [3.05, 3.63) is 33.9 Å². The SMILES string of the molecule is Cc1nc2cc[nH]n2c(=O)c1CC(=O)N1CC(C)(C)OC(C)(C)C1. The third-order valence-electron chi connectivity index (χ3n) is 4.22. The van der Waals surface area contributed by atoms with Gasteiger partial charge in [0.05, 0.1) is 17.6 Å². The van der Waals surface area contributed by atoms with Gasteiger partial charge in [0.25, 0.3) is 5.56 Å². The number of aryl methyl sites for hydroxylation is 1. The molecule has 3 heterocycles. The van der Waals surface area contributed by atoms with Gasteiger partial charge in [0.15, 0.2) is 5.65 Å². The molecular weight excluding hydrogens is 308 g/mol. The first-order chi connectivity index (χ1) is 11.1. The number of ether oxygens (including phenoxy) is 1. The molecule has 130 valence electrons. The van der Waals surface area contributed by atoms with Gasteiger partial charge < -0.3 is 9.64 Å². The molecule has 7 heteroatoms. The average molecular weight is 332 g/mol. The summed E-state index contributed by atoms with van der Waals surface area (Å²) >= 11 is 0. The molecule has 0 radical (unpaired) electrons. The lowest BCUT2D eigenvalue weighted by atomic mass is 9.98. The highest BCUT2D eigenvalue weighted by molar-refractivity contribution is 5.79. The molecule has 1 aliphatic rings. The summed E-state index contributed by atoms with van der Waals surface area (Å²) in [6, 6.07) is 1.73. The zero-order valence-corrected chi connectivity index (χ0v) is 14.8. The highest BCUT2D eigenvalue weighted by atomic mass is 16.5. The number of H-pyrrole nitrogens is 1. The molecular formula is C17H24N4O3. The molecule has 3 rings (SSSR count). The van der Waals surface area contributed by atoms with Crippen molar-refractivity contribution in [2.24, 2.45) is 0 Å². The van der Waals surface area contributed by atoms with Crippen LogP contribution in [0.15, 0.2) is 17.1 Å². The molecule has 1 saturated heterocycles. The summed E-state index contributed by atoms with van der Waals surface area (Å²) < 4.78 is 7.37. The van der Waals surface area contributed by atoms with Crippen molar-refractivity contribution in [2.45, 2.75) is 52.2 Å². The molecule has 0 saturated carbocycles. The van der Waals surface area contributed by atoms with Crippen LogP contribution in [0.1, 0.15) is 39.0 Å². The van der Waals surface area contributed by atoms with E-state index >= 15 is 0 Å². The van der Waals surface area contributed by atoms with Gasteiger partial charge >= 0.3 is 0 Å². The maximum absolute atomic E-state index is 12.8. The van der Waals surface area contributed by atoms with Crippen LogP contribution in [0.4, 0.5) is 0 Å². The Labute approximate surface area is 140 Å². The Balaban J connectivity index is 1.89. The topological polar surface area (TPSA) is 79.7 Å². The van der Waals surface area contributed by atoms with Gasteiger partial charge in [-0.2, -0.15) is 0 Å². The van der Waals surface area contributed by atoms with Crippen LogP contribution < -0.4 is 5.56 Å². The number of hydrogen-bond acceptors (Lipinski definition) is 4. The summed E-state index contributed by atoms with van der Waals surface area (Å²) in [4.78, 5) is 31.6. The van der Waals surface area contributed by atoms with Crippen molar-refractivity contribution in [2.75, 3.05) is 13.1 Å². The van der Waals surface area contributed by atoms with E-state index in [1.54, 1.807) is 24.1 Å². The van der Waals surface area contributed by atoms with Crippen LogP contribution in [-0.4, -0.2) is 49.7 Å². The number of fused-ring (bicyclic) bond motifs is 1. The first-order valence-corrected chi connectivity index (χ1v) is 8.12. The fourth-order valence-electron chi connectivity index (χ4n) is 3.54. The number of aromatic nitrogens is 3. The number of morpholine rings is 1. The third-order valence-corrected chi connectivity index (χ3v) is 4.22. The highest BCUT2D eigenvalue weighted by Gasteiger charge is 2.40. The van der Waals surface area contributed by atoms with Crippen LogP contribution >= 0.6 is 0 Å². The van der Waals surface area contributed by atoms with Gasteiger partial charge in [-0.1, -0.05) is 0 Å². The van der Waals surface area contributed by atoms with E-state index in [1.807, 2.05) is 27.7 Å². The van der Waals surface area contributed by atoms with E-state index in [0.717, 1.165) is 0 Å².